The van der Waals surface area contributed by atoms with E-state index < -0.39 is 33.4 Å². The van der Waals surface area contributed by atoms with E-state index in [0.29, 0.717) is 11.1 Å². The highest BCUT2D eigenvalue weighted by molar-refractivity contribution is 7.92. The molecule has 0 atom stereocenters. The summed E-state index contributed by atoms with van der Waals surface area (Å²) in [6.45, 7) is 4.43. The predicted molar refractivity (Wildman–Crippen MR) is 130 cm³/mol. The summed E-state index contributed by atoms with van der Waals surface area (Å²) >= 11 is 0. The minimum absolute atomic E-state index is 0.0269. The number of benzene rings is 3. The lowest BCUT2D eigenvalue weighted by molar-refractivity contribution is -0.384. The fraction of sp³-hybridized carbons (Fsp3) is 0.167. The summed E-state index contributed by atoms with van der Waals surface area (Å²) in [4.78, 5) is 35.2. The van der Waals surface area contributed by atoms with Gasteiger partial charge in [0.05, 0.1) is 15.4 Å². The first-order valence-corrected chi connectivity index (χ1v) is 11.9. The van der Waals surface area contributed by atoms with Crippen LogP contribution in [0.15, 0.2) is 65.6 Å². The molecule has 0 spiro atoms. The highest BCUT2D eigenvalue weighted by Crippen LogP contribution is 2.27. The highest BCUT2D eigenvalue weighted by Gasteiger charge is 2.20. The van der Waals surface area contributed by atoms with Crippen LogP contribution in [0.1, 0.15) is 27.0 Å². The van der Waals surface area contributed by atoms with Crippen molar-refractivity contribution in [3.8, 4) is 0 Å². The Morgan fingerprint density at radius 3 is 2.31 bits per heavy atom. The molecule has 35 heavy (non-hydrogen) atoms. The van der Waals surface area contributed by atoms with Gasteiger partial charge in [0.25, 0.3) is 21.6 Å². The van der Waals surface area contributed by atoms with E-state index in [4.69, 9.17) is 4.74 Å². The number of hydrogen-bond acceptors (Lipinski definition) is 7. The van der Waals surface area contributed by atoms with Crippen LogP contribution < -0.4 is 10.0 Å². The fourth-order valence-corrected chi connectivity index (χ4v) is 4.63. The standard InChI is InChI=1S/C24H23N3O7S/c1-15-7-8-16(2)21(13-15)35(32,33)26-19-11-9-18(10-12-19)24(29)34-14-22(28)25-23-17(3)5-4-6-20(23)27(30)31/h4-13,26H,14H2,1-3H3,(H,25,28). The van der Waals surface area contributed by atoms with Gasteiger partial charge in [-0.25, -0.2) is 13.2 Å². The van der Waals surface area contributed by atoms with E-state index in [2.05, 4.69) is 10.0 Å². The molecule has 1 amide bonds. The van der Waals surface area contributed by atoms with Crippen LogP contribution in [0.3, 0.4) is 0 Å². The minimum Gasteiger partial charge on any atom is -0.452 e. The van der Waals surface area contributed by atoms with Crippen molar-refractivity contribution < 1.29 is 27.7 Å². The highest BCUT2D eigenvalue weighted by atomic mass is 32.2. The molecule has 0 bridgehead atoms. The van der Waals surface area contributed by atoms with Crippen LogP contribution in [0, 0.1) is 30.9 Å². The van der Waals surface area contributed by atoms with Crippen molar-refractivity contribution in [1.82, 2.24) is 0 Å². The number of esters is 1. The van der Waals surface area contributed by atoms with Crippen LogP contribution in [-0.4, -0.2) is 31.8 Å². The zero-order valence-electron chi connectivity index (χ0n) is 19.2. The van der Waals surface area contributed by atoms with Crippen molar-refractivity contribution in [3.05, 3.63) is 93.0 Å². The van der Waals surface area contributed by atoms with Crippen LogP contribution in [0.2, 0.25) is 0 Å². The van der Waals surface area contributed by atoms with Gasteiger partial charge < -0.3 is 10.1 Å². The maximum atomic E-state index is 12.7. The molecular weight excluding hydrogens is 474 g/mol. The number of nitrogens with one attached hydrogen (secondary N) is 2. The number of rotatable bonds is 8. The van der Waals surface area contributed by atoms with E-state index in [1.165, 1.54) is 36.4 Å². The SMILES string of the molecule is Cc1ccc(C)c(S(=O)(=O)Nc2ccc(C(=O)OCC(=O)Nc3c(C)cccc3[N+](=O)[O-])cc2)c1. The molecule has 0 radical (unpaired) electrons. The number of amides is 1. The number of sulfonamides is 1. The Balaban J connectivity index is 1.62. The first-order valence-electron chi connectivity index (χ1n) is 10.4. The van der Waals surface area contributed by atoms with Crippen molar-refractivity contribution in [1.29, 1.82) is 0 Å². The number of hydrogen-bond donors (Lipinski definition) is 2. The largest absolute Gasteiger partial charge is 0.452 e. The average Bonchev–Trinajstić information content (AvgIpc) is 2.80. The Morgan fingerprint density at radius 2 is 1.66 bits per heavy atom. The van der Waals surface area contributed by atoms with Crippen molar-refractivity contribution in [3.63, 3.8) is 0 Å². The maximum absolute atomic E-state index is 12.7. The van der Waals surface area contributed by atoms with E-state index >= 15 is 0 Å². The summed E-state index contributed by atoms with van der Waals surface area (Å²) in [5.74, 6) is -1.56. The third kappa shape index (κ3) is 6.21. The molecule has 3 aromatic rings. The number of anilines is 2. The topological polar surface area (TPSA) is 145 Å². The number of ether oxygens (including phenoxy) is 1. The van der Waals surface area contributed by atoms with Gasteiger partial charge in [0.15, 0.2) is 6.61 Å². The van der Waals surface area contributed by atoms with E-state index in [-0.39, 0.29) is 27.5 Å². The number of carbonyl (C=O) groups excluding carboxylic acids is 2. The molecule has 10 nitrogen and oxygen atoms in total. The molecular formula is C24H23N3O7S. The molecule has 2 N–H and O–H groups in total. The third-order valence-electron chi connectivity index (χ3n) is 5.05. The molecule has 3 aromatic carbocycles. The number of para-hydroxylation sites is 1. The molecule has 0 aliphatic carbocycles. The van der Waals surface area contributed by atoms with Gasteiger partial charge in [-0.2, -0.15) is 0 Å². The van der Waals surface area contributed by atoms with Crippen molar-refractivity contribution >= 4 is 39.0 Å². The van der Waals surface area contributed by atoms with Gasteiger partial charge in [-0.1, -0.05) is 24.3 Å². The molecule has 182 valence electrons. The van der Waals surface area contributed by atoms with Crippen LogP contribution in [0.5, 0.6) is 0 Å². The van der Waals surface area contributed by atoms with E-state index in [9.17, 15) is 28.1 Å². The summed E-state index contributed by atoms with van der Waals surface area (Å²) in [6, 6.07) is 15.0. The Morgan fingerprint density at radius 1 is 0.971 bits per heavy atom. The normalized spacial score (nSPS) is 10.9. The molecule has 0 heterocycles. The van der Waals surface area contributed by atoms with Crippen molar-refractivity contribution in [2.45, 2.75) is 25.7 Å². The molecule has 0 unspecified atom stereocenters. The van der Waals surface area contributed by atoms with E-state index in [1.54, 1.807) is 39.0 Å². The lowest BCUT2D eigenvalue weighted by Gasteiger charge is -2.12. The third-order valence-corrected chi connectivity index (χ3v) is 6.58. The van der Waals surface area contributed by atoms with Gasteiger partial charge in [-0.05, 0) is 67.8 Å². The second kappa shape index (κ2) is 10.3. The summed E-state index contributed by atoms with van der Waals surface area (Å²) < 4.78 is 32.9. The zero-order valence-corrected chi connectivity index (χ0v) is 20.0. The first kappa shape index (κ1) is 25.4. The Kier molecular flexibility index (Phi) is 7.50. The number of nitro groups is 1. The number of aryl methyl sites for hydroxylation is 3. The lowest BCUT2D eigenvalue weighted by atomic mass is 10.1. The molecule has 3 rings (SSSR count). The predicted octanol–water partition coefficient (Wildman–Crippen LogP) is 4.12. The van der Waals surface area contributed by atoms with Gasteiger partial charge in [0.2, 0.25) is 0 Å². The van der Waals surface area contributed by atoms with Gasteiger partial charge >= 0.3 is 5.97 Å². The molecule has 0 saturated carbocycles. The van der Waals surface area contributed by atoms with Crippen LogP contribution in [0.4, 0.5) is 17.1 Å². The van der Waals surface area contributed by atoms with Gasteiger partial charge in [0, 0.05) is 11.8 Å². The second-order valence-corrected chi connectivity index (χ2v) is 9.45. The van der Waals surface area contributed by atoms with Crippen LogP contribution in [0.25, 0.3) is 0 Å². The average molecular weight is 498 g/mol. The summed E-state index contributed by atoms with van der Waals surface area (Å²) in [5, 5.41) is 13.6. The fourth-order valence-electron chi connectivity index (χ4n) is 3.24. The summed E-state index contributed by atoms with van der Waals surface area (Å²) in [7, 11) is -3.83. The van der Waals surface area contributed by atoms with Crippen molar-refractivity contribution in [2.24, 2.45) is 0 Å². The quantitative estimate of drug-likeness (QED) is 0.270. The number of carbonyl (C=O) groups is 2. The monoisotopic (exact) mass is 497 g/mol. The number of nitro benzene ring substituents is 1. The zero-order chi connectivity index (χ0) is 25.8. The van der Waals surface area contributed by atoms with Gasteiger partial charge in [-0.3, -0.25) is 19.6 Å². The molecule has 0 aromatic heterocycles. The molecule has 0 aliphatic rings. The Bertz CT molecular complexity index is 1400. The smallest absolute Gasteiger partial charge is 0.338 e. The lowest BCUT2D eigenvalue weighted by Crippen LogP contribution is -2.22. The van der Waals surface area contributed by atoms with Crippen LogP contribution >= 0.6 is 0 Å². The first-order chi connectivity index (χ1) is 16.5. The number of nitrogens with zero attached hydrogens (tertiary/aromatic N) is 1. The summed E-state index contributed by atoms with van der Waals surface area (Å²) in [5.41, 5.74) is 1.97. The Hall–Kier alpha value is -4.25. The van der Waals surface area contributed by atoms with Gasteiger partial charge in [-0.15, -0.1) is 0 Å². The summed E-state index contributed by atoms with van der Waals surface area (Å²) in [6.07, 6.45) is 0. The second-order valence-electron chi connectivity index (χ2n) is 7.80. The molecule has 11 heteroatoms. The minimum atomic E-state index is -3.83. The maximum Gasteiger partial charge on any atom is 0.338 e. The van der Waals surface area contributed by atoms with E-state index in [1.807, 2.05) is 6.07 Å². The molecule has 0 fully saturated rings. The molecule has 0 saturated heterocycles. The van der Waals surface area contributed by atoms with E-state index in [0.717, 1.165) is 5.56 Å². The van der Waals surface area contributed by atoms with Crippen LogP contribution in [-0.2, 0) is 19.6 Å². The Labute approximate surface area is 202 Å². The van der Waals surface area contributed by atoms with Gasteiger partial charge in [0.1, 0.15) is 5.69 Å². The van der Waals surface area contributed by atoms with Crippen molar-refractivity contribution in [2.75, 3.05) is 16.6 Å². The molecule has 0 aliphatic heterocycles.